The molecule has 0 bridgehead atoms. The highest BCUT2D eigenvalue weighted by atomic mass is 16.6. The highest BCUT2D eigenvalue weighted by Crippen LogP contribution is 2.36. The minimum Gasteiger partial charge on any atom is -0.494 e. The zero-order valence-electron chi connectivity index (χ0n) is 19.0. The van der Waals surface area contributed by atoms with Crippen molar-refractivity contribution < 1.29 is 19.2 Å². The Balaban J connectivity index is 1.83. The van der Waals surface area contributed by atoms with E-state index in [1.54, 1.807) is 36.4 Å². The number of rotatable bonds is 7. The lowest BCUT2D eigenvalue weighted by molar-refractivity contribution is -0.384. The quantitative estimate of drug-likeness (QED) is 0.304. The maximum atomic E-state index is 13.6. The highest BCUT2D eigenvalue weighted by molar-refractivity contribution is 6.46. The van der Waals surface area contributed by atoms with Crippen molar-refractivity contribution in [2.45, 2.75) is 20.8 Å². The molecule has 34 heavy (non-hydrogen) atoms. The van der Waals surface area contributed by atoms with Crippen LogP contribution in [0.2, 0.25) is 0 Å². The van der Waals surface area contributed by atoms with Crippen LogP contribution in [0.15, 0.2) is 72.4 Å². The van der Waals surface area contributed by atoms with Crippen LogP contribution < -0.4 is 15.0 Å². The van der Waals surface area contributed by atoms with E-state index < -0.39 is 16.7 Å². The van der Waals surface area contributed by atoms with Gasteiger partial charge in [-0.15, -0.1) is 0 Å². The number of carbonyl (C=O) groups is 2. The number of hydrogen-bond acceptors (Lipinski definition) is 6. The average molecular weight is 457 g/mol. The predicted molar refractivity (Wildman–Crippen MR) is 130 cm³/mol. The molecule has 0 unspecified atom stereocenters. The number of non-ortho nitro benzene ring substituents is 1. The van der Waals surface area contributed by atoms with Crippen molar-refractivity contribution in [3.8, 4) is 5.75 Å². The van der Waals surface area contributed by atoms with Gasteiger partial charge in [0.25, 0.3) is 17.5 Å². The number of nitrogens with zero attached hydrogens (tertiary/aromatic N) is 2. The molecular weight excluding hydrogens is 434 g/mol. The van der Waals surface area contributed by atoms with Crippen molar-refractivity contribution in [2.24, 2.45) is 0 Å². The molecule has 8 nitrogen and oxygen atoms in total. The second-order valence-corrected chi connectivity index (χ2v) is 7.80. The molecule has 8 heteroatoms. The van der Waals surface area contributed by atoms with Gasteiger partial charge in [-0.1, -0.05) is 18.2 Å². The molecule has 172 valence electrons. The number of imide groups is 1. The van der Waals surface area contributed by atoms with Crippen molar-refractivity contribution in [1.82, 2.24) is 0 Å². The van der Waals surface area contributed by atoms with Crippen LogP contribution in [0.25, 0.3) is 5.57 Å². The number of benzene rings is 3. The van der Waals surface area contributed by atoms with E-state index in [-0.39, 0.29) is 17.0 Å². The lowest BCUT2D eigenvalue weighted by Crippen LogP contribution is -2.33. The number of hydrogen-bond donors (Lipinski definition) is 1. The van der Waals surface area contributed by atoms with Crippen LogP contribution in [0.5, 0.6) is 5.75 Å². The molecule has 3 aromatic rings. The molecular formula is C26H23N3O5. The van der Waals surface area contributed by atoms with Crippen LogP contribution in [0.1, 0.15) is 23.6 Å². The number of carbonyl (C=O) groups excluding carboxylic acids is 2. The summed E-state index contributed by atoms with van der Waals surface area (Å²) in [5.41, 5.74) is 3.36. The predicted octanol–water partition coefficient (Wildman–Crippen LogP) is 5.01. The van der Waals surface area contributed by atoms with E-state index in [0.29, 0.717) is 29.3 Å². The molecule has 0 radical (unpaired) electrons. The first-order valence-electron chi connectivity index (χ1n) is 10.8. The summed E-state index contributed by atoms with van der Waals surface area (Å²) < 4.78 is 5.54. The maximum Gasteiger partial charge on any atom is 0.282 e. The fraction of sp³-hybridized carbons (Fsp3) is 0.154. The Morgan fingerprint density at radius 3 is 2.35 bits per heavy atom. The van der Waals surface area contributed by atoms with Crippen LogP contribution >= 0.6 is 0 Å². The smallest absolute Gasteiger partial charge is 0.282 e. The first-order valence-corrected chi connectivity index (χ1v) is 10.8. The largest absolute Gasteiger partial charge is 0.494 e. The van der Waals surface area contributed by atoms with Gasteiger partial charge in [-0.2, -0.15) is 0 Å². The maximum absolute atomic E-state index is 13.6. The highest BCUT2D eigenvalue weighted by Gasteiger charge is 2.41. The lowest BCUT2D eigenvalue weighted by atomic mass is 10.0. The SMILES string of the molecule is CCOc1cccc(NC2=C(c3ccc([N+](=O)[O-])cc3)C(=O)N(c3cccc(C)c3C)C2=O)c1. The summed E-state index contributed by atoms with van der Waals surface area (Å²) >= 11 is 0. The van der Waals surface area contributed by atoms with E-state index in [1.165, 1.54) is 24.3 Å². The van der Waals surface area contributed by atoms with Crippen molar-refractivity contribution >= 4 is 34.4 Å². The van der Waals surface area contributed by atoms with Gasteiger partial charge < -0.3 is 10.1 Å². The third-order valence-corrected chi connectivity index (χ3v) is 5.68. The average Bonchev–Trinajstić information content (AvgIpc) is 3.05. The second-order valence-electron chi connectivity index (χ2n) is 7.80. The molecule has 1 N–H and O–H groups in total. The van der Waals surface area contributed by atoms with Gasteiger partial charge in [0.15, 0.2) is 0 Å². The van der Waals surface area contributed by atoms with Crippen LogP contribution in [0, 0.1) is 24.0 Å². The summed E-state index contributed by atoms with van der Waals surface area (Å²) in [7, 11) is 0. The summed E-state index contributed by atoms with van der Waals surface area (Å²) in [6.45, 7) is 6.12. The summed E-state index contributed by atoms with van der Waals surface area (Å²) in [6, 6.07) is 18.1. The van der Waals surface area contributed by atoms with E-state index >= 15 is 0 Å². The number of aryl methyl sites for hydroxylation is 1. The Kier molecular flexibility index (Phi) is 6.14. The molecule has 3 aromatic carbocycles. The molecule has 0 atom stereocenters. The van der Waals surface area contributed by atoms with Crippen molar-refractivity contribution in [1.29, 1.82) is 0 Å². The molecule has 0 fully saturated rings. The molecule has 1 heterocycles. The van der Waals surface area contributed by atoms with Gasteiger partial charge in [-0.3, -0.25) is 19.7 Å². The summed E-state index contributed by atoms with van der Waals surface area (Å²) in [6.07, 6.45) is 0. The number of nitro benzene ring substituents is 1. The minimum atomic E-state index is -0.513. The van der Waals surface area contributed by atoms with Gasteiger partial charge in [0.2, 0.25) is 0 Å². The number of nitrogens with one attached hydrogen (secondary N) is 1. The topological polar surface area (TPSA) is 102 Å². The monoisotopic (exact) mass is 457 g/mol. The Morgan fingerprint density at radius 2 is 1.68 bits per heavy atom. The van der Waals surface area contributed by atoms with Crippen molar-refractivity contribution in [3.63, 3.8) is 0 Å². The number of nitro groups is 1. The third kappa shape index (κ3) is 4.13. The molecule has 1 aliphatic rings. The minimum absolute atomic E-state index is 0.0911. The first kappa shape index (κ1) is 22.7. The fourth-order valence-electron chi connectivity index (χ4n) is 3.83. The van der Waals surface area contributed by atoms with Gasteiger partial charge in [-0.05, 0) is 67.8 Å². The molecule has 1 aliphatic heterocycles. The van der Waals surface area contributed by atoms with E-state index in [2.05, 4.69) is 5.32 Å². The Morgan fingerprint density at radius 1 is 0.971 bits per heavy atom. The molecule has 0 aliphatic carbocycles. The summed E-state index contributed by atoms with van der Waals surface area (Å²) in [5.74, 6) is -0.391. The van der Waals surface area contributed by atoms with Gasteiger partial charge in [0.1, 0.15) is 11.4 Å². The van der Waals surface area contributed by atoms with Gasteiger partial charge in [0.05, 0.1) is 22.8 Å². The van der Waals surface area contributed by atoms with E-state index in [9.17, 15) is 19.7 Å². The van der Waals surface area contributed by atoms with E-state index in [1.807, 2.05) is 26.8 Å². The Labute approximate surface area is 196 Å². The van der Waals surface area contributed by atoms with Crippen molar-refractivity contribution in [3.05, 3.63) is 99.2 Å². The van der Waals surface area contributed by atoms with Crippen LogP contribution in [-0.4, -0.2) is 23.3 Å². The standard InChI is InChI=1S/C26H23N3O5/c1-4-34-21-9-6-8-19(15-21)27-24-23(18-11-13-20(14-12-18)29(32)33)25(30)28(26(24)31)22-10-5-7-16(2)17(22)3/h5-15,27H,4H2,1-3H3. The Bertz CT molecular complexity index is 1330. The lowest BCUT2D eigenvalue weighted by Gasteiger charge is -2.19. The molecule has 0 saturated carbocycles. The van der Waals surface area contributed by atoms with Crippen LogP contribution in [-0.2, 0) is 9.59 Å². The zero-order valence-corrected chi connectivity index (χ0v) is 19.0. The van der Waals surface area contributed by atoms with E-state index in [4.69, 9.17) is 4.74 Å². The van der Waals surface area contributed by atoms with E-state index in [0.717, 1.165) is 16.0 Å². The van der Waals surface area contributed by atoms with Gasteiger partial charge in [0, 0.05) is 23.9 Å². The van der Waals surface area contributed by atoms with Crippen LogP contribution in [0.3, 0.4) is 0 Å². The zero-order chi connectivity index (χ0) is 24.4. The number of ether oxygens (including phenoxy) is 1. The number of amides is 2. The third-order valence-electron chi connectivity index (χ3n) is 5.68. The number of anilines is 2. The molecule has 2 amide bonds. The Hall–Kier alpha value is -4.46. The molecule has 0 spiro atoms. The van der Waals surface area contributed by atoms with Crippen LogP contribution in [0.4, 0.5) is 17.1 Å². The first-order chi connectivity index (χ1) is 16.3. The summed E-state index contributed by atoms with van der Waals surface area (Å²) in [4.78, 5) is 38.9. The molecule has 4 rings (SSSR count). The van der Waals surface area contributed by atoms with Gasteiger partial charge in [-0.25, -0.2) is 4.90 Å². The molecule has 0 aromatic heterocycles. The second kappa shape index (κ2) is 9.19. The normalized spacial score (nSPS) is 13.4. The fourth-order valence-corrected chi connectivity index (χ4v) is 3.83. The van der Waals surface area contributed by atoms with Gasteiger partial charge >= 0.3 is 0 Å². The van der Waals surface area contributed by atoms with Crippen molar-refractivity contribution in [2.75, 3.05) is 16.8 Å². The summed E-state index contributed by atoms with van der Waals surface area (Å²) in [5, 5.41) is 14.2. The molecule has 0 saturated heterocycles.